The first-order valence-electron chi connectivity index (χ1n) is 5.61. The average molecular weight is 297 g/mol. The number of nitrogens with one attached hydrogen (secondary N) is 1. The van der Waals surface area contributed by atoms with Crippen molar-refractivity contribution >= 4 is 15.9 Å². The molecule has 1 aromatic rings. The number of nitriles is 1. The molecule has 0 saturated heterocycles. The summed E-state index contributed by atoms with van der Waals surface area (Å²) in [6.07, 6.45) is -0.429. The van der Waals surface area contributed by atoms with Gasteiger partial charge in [-0.1, -0.05) is 29.8 Å². The third-order valence-corrected chi connectivity index (χ3v) is 2.99. The second-order valence-corrected chi connectivity index (χ2v) is 5.03. The van der Waals surface area contributed by atoms with Gasteiger partial charge in [0.15, 0.2) is 6.10 Å². The second kappa shape index (κ2) is 6.63. The molecule has 1 rings (SSSR count). The van der Waals surface area contributed by atoms with E-state index in [0.717, 1.165) is 22.3 Å². The van der Waals surface area contributed by atoms with Gasteiger partial charge in [-0.15, -0.1) is 0 Å². The minimum Gasteiger partial charge on any atom is -0.476 e. The number of hydrogen-bond acceptors (Lipinski definition) is 3. The molecule has 0 aliphatic rings. The molecule has 1 unspecified atom stereocenters. The number of hydrogen-bond donors (Lipinski definition) is 1. The van der Waals surface area contributed by atoms with Crippen LogP contribution in [0.1, 0.15) is 26.3 Å². The van der Waals surface area contributed by atoms with E-state index < -0.39 is 6.10 Å². The van der Waals surface area contributed by atoms with Crippen LogP contribution in [-0.2, 0) is 6.54 Å². The zero-order chi connectivity index (χ0) is 12.8. The van der Waals surface area contributed by atoms with Gasteiger partial charge >= 0.3 is 0 Å². The van der Waals surface area contributed by atoms with E-state index in [1.165, 1.54) is 0 Å². The van der Waals surface area contributed by atoms with Gasteiger partial charge in [0, 0.05) is 17.1 Å². The van der Waals surface area contributed by atoms with Crippen molar-refractivity contribution in [2.75, 3.05) is 0 Å². The maximum absolute atomic E-state index is 8.70. The van der Waals surface area contributed by atoms with Crippen molar-refractivity contribution in [1.29, 1.82) is 5.26 Å². The van der Waals surface area contributed by atoms with Crippen LogP contribution >= 0.6 is 15.9 Å². The molecular weight excluding hydrogens is 280 g/mol. The molecule has 0 heterocycles. The second-order valence-electron chi connectivity index (χ2n) is 4.18. The lowest BCUT2D eigenvalue weighted by Crippen LogP contribution is -2.22. The van der Waals surface area contributed by atoms with E-state index in [1.807, 2.05) is 24.3 Å². The third-order valence-electron chi connectivity index (χ3n) is 2.21. The molecule has 0 aliphatic carbocycles. The van der Waals surface area contributed by atoms with Crippen LogP contribution in [0.5, 0.6) is 5.75 Å². The minimum absolute atomic E-state index is 0.429. The highest BCUT2D eigenvalue weighted by Gasteiger charge is 2.06. The SMILES string of the molecule is CC(C)NCc1cc(OC(C)C#N)ccc1Br. The summed E-state index contributed by atoms with van der Waals surface area (Å²) in [7, 11) is 0. The number of halogens is 1. The summed E-state index contributed by atoms with van der Waals surface area (Å²) < 4.78 is 6.50. The summed E-state index contributed by atoms with van der Waals surface area (Å²) in [5, 5.41) is 12.0. The summed E-state index contributed by atoms with van der Waals surface area (Å²) in [6, 6.07) is 8.23. The van der Waals surface area contributed by atoms with Gasteiger partial charge in [0.25, 0.3) is 0 Å². The van der Waals surface area contributed by atoms with Crippen LogP contribution in [-0.4, -0.2) is 12.1 Å². The van der Waals surface area contributed by atoms with Gasteiger partial charge in [-0.25, -0.2) is 0 Å². The van der Waals surface area contributed by atoms with Gasteiger partial charge in [-0.3, -0.25) is 0 Å². The summed E-state index contributed by atoms with van der Waals surface area (Å²) in [5.74, 6) is 0.725. The highest BCUT2D eigenvalue weighted by Crippen LogP contribution is 2.23. The molecule has 0 spiro atoms. The minimum atomic E-state index is -0.429. The fraction of sp³-hybridized carbons (Fsp3) is 0.462. The van der Waals surface area contributed by atoms with Crippen molar-refractivity contribution in [1.82, 2.24) is 5.32 Å². The molecule has 92 valence electrons. The third kappa shape index (κ3) is 4.76. The lowest BCUT2D eigenvalue weighted by atomic mass is 10.2. The average Bonchev–Trinajstić information content (AvgIpc) is 2.29. The van der Waals surface area contributed by atoms with Crippen molar-refractivity contribution in [2.24, 2.45) is 0 Å². The molecule has 0 bridgehead atoms. The summed E-state index contributed by atoms with van der Waals surface area (Å²) in [4.78, 5) is 0. The molecule has 0 amide bonds. The molecule has 4 heteroatoms. The summed E-state index contributed by atoms with van der Waals surface area (Å²) in [6.45, 7) is 6.71. The normalized spacial score (nSPS) is 12.2. The monoisotopic (exact) mass is 296 g/mol. The standard InChI is InChI=1S/C13H17BrN2O/c1-9(2)16-8-11-6-12(4-5-13(11)14)17-10(3)7-15/h4-6,9-10,16H,8H2,1-3H3. The maximum Gasteiger partial charge on any atom is 0.181 e. The Bertz CT molecular complexity index is 412. The Morgan fingerprint density at radius 2 is 2.12 bits per heavy atom. The highest BCUT2D eigenvalue weighted by molar-refractivity contribution is 9.10. The van der Waals surface area contributed by atoms with Gasteiger partial charge < -0.3 is 10.1 Å². The zero-order valence-electron chi connectivity index (χ0n) is 10.3. The molecule has 0 aromatic heterocycles. The van der Waals surface area contributed by atoms with Crippen LogP contribution in [0.3, 0.4) is 0 Å². The predicted molar refractivity (Wildman–Crippen MR) is 71.8 cm³/mol. The molecule has 17 heavy (non-hydrogen) atoms. The van der Waals surface area contributed by atoms with Crippen molar-refractivity contribution in [3.8, 4) is 11.8 Å². The number of rotatable bonds is 5. The number of benzene rings is 1. The molecule has 3 nitrogen and oxygen atoms in total. The van der Waals surface area contributed by atoms with Gasteiger partial charge in [0.2, 0.25) is 0 Å². The Hall–Kier alpha value is -1.05. The Kier molecular flexibility index (Phi) is 5.46. The van der Waals surface area contributed by atoms with Crippen LogP contribution in [0.25, 0.3) is 0 Å². The molecule has 0 fully saturated rings. The maximum atomic E-state index is 8.70. The predicted octanol–water partition coefficient (Wildman–Crippen LogP) is 3.24. The molecule has 0 aliphatic heterocycles. The molecule has 1 N–H and O–H groups in total. The lowest BCUT2D eigenvalue weighted by Gasteiger charge is -2.13. The largest absolute Gasteiger partial charge is 0.476 e. The fourth-order valence-corrected chi connectivity index (χ4v) is 1.69. The topological polar surface area (TPSA) is 45.0 Å². The Morgan fingerprint density at radius 3 is 2.71 bits per heavy atom. The number of nitrogens with zero attached hydrogens (tertiary/aromatic N) is 1. The van der Waals surface area contributed by atoms with E-state index in [4.69, 9.17) is 10.00 Å². The molecular formula is C13H17BrN2O. The van der Waals surface area contributed by atoms with Crippen molar-refractivity contribution in [3.63, 3.8) is 0 Å². The van der Waals surface area contributed by atoms with E-state index in [2.05, 4.69) is 35.1 Å². The molecule has 1 aromatic carbocycles. The fourth-order valence-electron chi connectivity index (χ4n) is 1.30. The van der Waals surface area contributed by atoms with Crippen LogP contribution in [0.15, 0.2) is 22.7 Å². The Balaban J connectivity index is 2.76. The van der Waals surface area contributed by atoms with Gasteiger partial charge in [-0.05, 0) is 30.7 Å². The van der Waals surface area contributed by atoms with Crippen LogP contribution in [0, 0.1) is 11.3 Å². The summed E-state index contributed by atoms with van der Waals surface area (Å²) in [5.41, 5.74) is 1.13. The van der Waals surface area contributed by atoms with E-state index in [0.29, 0.717) is 6.04 Å². The van der Waals surface area contributed by atoms with Gasteiger partial charge in [-0.2, -0.15) is 5.26 Å². The van der Waals surface area contributed by atoms with Crippen LogP contribution < -0.4 is 10.1 Å². The van der Waals surface area contributed by atoms with Gasteiger partial charge in [0.1, 0.15) is 11.8 Å². The first-order valence-corrected chi connectivity index (χ1v) is 6.40. The van der Waals surface area contributed by atoms with Crippen molar-refractivity contribution in [2.45, 2.75) is 39.5 Å². The highest BCUT2D eigenvalue weighted by atomic mass is 79.9. The van der Waals surface area contributed by atoms with E-state index in [1.54, 1.807) is 6.92 Å². The van der Waals surface area contributed by atoms with E-state index >= 15 is 0 Å². The van der Waals surface area contributed by atoms with Crippen molar-refractivity contribution in [3.05, 3.63) is 28.2 Å². The van der Waals surface area contributed by atoms with Crippen LogP contribution in [0.4, 0.5) is 0 Å². The molecule has 1 atom stereocenters. The van der Waals surface area contributed by atoms with Crippen LogP contribution in [0.2, 0.25) is 0 Å². The smallest absolute Gasteiger partial charge is 0.181 e. The Morgan fingerprint density at radius 1 is 1.41 bits per heavy atom. The quantitative estimate of drug-likeness (QED) is 0.907. The summed E-state index contributed by atoms with van der Waals surface area (Å²) >= 11 is 3.50. The zero-order valence-corrected chi connectivity index (χ0v) is 11.9. The first kappa shape index (κ1) is 14.0. The number of ether oxygens (including phenoxy) is 1. The Labute approximate surface area is 111 Å². The first-order chi connectivity index (χ1) is 8.02. The van der Waals surface area contributed by atoms with E-state index in [-0.39, 0.29) is 0 Å². The molecule has 0 saturated carbocycles. The van der Waals surface area contributed by atoms with E-state index in [9.17, 15) is 0 Å². The lowest BCUT2D eigenvalue weighted by molar-refractivity contribution is 0.276. The van der Waals surface area contributed by atoms with Crippen molar-refractivity contribution < 1.29 is 4.74 Å². The molecule has 0 radical (unpaired) electrons. The van der Waals surface area contributed by atoms with Gasteiger partial charge in [0.05, 0.1) is 0 Å².